The molecule has 1 rings (SSSR count). The fourth-order valence-electron chi connectivity index (χ4n) is 1.78. The van der Waals surface area contributed by atoms with Crippen molar-refractivity contribution in [2.45, 2.75) is 40.3 Å². The summed E-state index contributed by atoms with van der Waals surface area (Å²) in [6.45, 7) is 7.89. The minimum Gasteiger partial charge on any atom is -0.480 e. The number of carboxylic acids is 1. The molecule has 0 aliphatic carbocycles. The maximum absolute atomic E-state index is 12.2. The molecule has 0 radical (unpaired) electrons. The van der Waals surface area contributed by atoms with Gasteiger partial charge in [0.25, 0.3) is 5.91 Å². The smallest absolute Gasteiger partial charge is 0.326 e. The lowest BCUT2D eigenvalue weighted by atomic mass is 9.86. The summed E-state index contributed by atoms with van der Waals surface area (Å²) in [4.78, 5) is 23.4. The summed E-state index contributed by atoms with van der Waals surface area (Å²) in [5.74, 6) is -1.41. The van der Waals surface area contributed by atoms with Crippen molar-refractivity contribution in [2.75, 3.05) is 0 Å². The first-order valence-electron chi connectivity index (χ1n) is 6.06. The first-order valence-corrected chi connectivity index (χ1v) is 6.85. The van der Waals surface area contributed by atoms with E-state index >= 15 is 0 Å². The molecule has 2 N–H and O–H groups in total. The fourth-order valence-corrected chi connectivity index (χ4v) is 2.24. The third kappa shape index (κ3) is 3.83. The number of aliphatic carboxylic acids is 1. The molecule has 106 valence electrons. The van der Waals surface area contributed by atoms with Crippen LogP contribution in [0.4, 0.5) is 0 Å². The van der Waals surface area contributed by atoms with E-state index in [0.717, 1.165) is 4.47 Å². The van der Waals surface area contributed by atoms with Gasteiger partial charge < -0.3 is 15.0 Å². The van der Waals surface area contributed by atoms with Crippen LogP contribution in [0.25, 0.3) is 0 Å². The van der Waals surface area contributed by atoms with Gasteiger partial charge in [-0.1, -0.05) is 20.8 Å². The molecule has 0 spiro atoms. The van der Waals surface area contributed by atoms with Crippen molar-refractivity contribution in [1.82, 2.24) is 9.88 Å². The van der Waals surface area contributed by atoms with Gasteiger partial charge in [-0.25, -0.2) is 4.79 Å². The van der Waals surface area contributed by atoms with Gasteiger partial charge in [-0.15, -0.1) is 0 Å². The lowest BCUT2D eigenvalue weighted by Crippen LogP contribution is -2.49. The van der Waals surface area contributed by atoms with Crippen LogP contribution in [0.3, 0.4) is 0 Å². The highest BCUT2D eigenvalue weighted by molar-refractivity contribution is 9.10. The van der Waals surface area contributed by atoms with E-state index in [1.165, 1.54) is 0 Å². The number of carbonyl (C=O) groups excluding carboxylic acids is 1. The molecule has 0 aliphatic heterocycles. The third-order valence-electron chi connectivity index (χ3n) is 2.82. The average Bonchev–Trinajstić information content (AvgIpc) is 2.65. The Labute approximate surface area is 121 Å². The van der Waals surface area contributed by atoms with Crippen molar-refractivity contribution in [2.24, 2.45) is 5.41 Å². The zero-order valence-electron chi connectivity index (χ0n) is 11.5. The number of carbonyl (C=O) groups is 2. The van der Waals surface area contributed by atoms with Crippen LogP contribution in [0, 0.1) is 5.41 Å². The summed E-state index contributed by atoms with van der Waals surface area (Å²) in [6.07, 6.45) is 1.79. The Morgan fingerprint density at radius 3 is 2.47 bits per heavy atom. The van der Waals surface area contributed by atoms with E-state index in [1.54, 1.807) is 37.6 Å². The molecule has 1 unspecified atom stereocenters. The van der Waals surface area contributed by atoms with E-state index in [2.05, 4.69) is 21.2 Å². The summed E-state index contributed by atoms with van der Waals surface area (Å²) < 4.78 is 2.56. The number of halogens is 1. The van der Waals surface area contributed by atoms with Crippen LogP contribution >= 0.6 is 15.9 Å². The first-order chi connectivity index (χ1) is 8.66. The van der Waals surface area contributed by atoms with Crippen molar-refractivity contribution >= 4 is 27.8 Å². The number of hydrogen-bond donors (Lipinski definition) is 2. The normalized spacial score (nSPS) is 13.1. The Bertz CT molecular complexity index is 489. The van der Waals surface area contributed by atoms with Gasteiger partial charge in [0.15, 0.2) is 0 Å². The van der Waals surface area contributed by atoms with E-state index in [1.807, 2.05) is 6.92 Å². The zero-order chi connectivity index (χ0) is 14.8. The van der Waals surface area contributed by atoms with Crippen LogP contribution in [0.1, 0.15) is 38.2 Å². The number of carboxylic acid groups (broad SMARTS) is 1. The summed E-state index contributed by atoms with van der Waals surface area (Å²) in [6, 6.07) is 0.749. The predicted octanol–water partition coefficient (Wildman–Crippen LogP) is 2.50. The number of rotatable bonds is 4. The number of amides is 1. The SMILES string of the molecule is CCn1cc(Br)cc1C(=O)NC(C(=O)O)C(C)(C)C. The van der Waals surface area contributed by atoms with E-state index < -0.39 is 17.4 Å². The van der Waals surface area contributed by atoms with Crippen LogP contribution in [0.5, 0.6) is 0 Å². The lowest BCUT2D eigenvalue weighted by Gasteiger charge is -2.27. The minimum absolute atomic E-state index is 0.380. The largest absolute Gasteiger partial charge is 0.480 e. The summed E-state index contributed by atoms with van der Waals surface area (Å²) in [7, 11) is 0. The molecule has 0 fully saturated rings. The summed E-state index contributed by atoms with van der Waals surface area (Å²) in [5, 5.41) is 11.8. The lowest BCUT2D eigenvalue weighted by molar-refractivity contribution is -0.142. The molecule has 1 aromatic heterocycles. The van der Waals surface area contributed by atoms with Crippen molar-refractivity contribution < 1.29 is 14.7 Å². The molecule has 0 saturated heterocycles. The van der Waals surface area contributed by atoms with Gasteiger partial charge in [0, 0.05) is 17.2 Å². The molecule has 5 nitrogen and oxygen atoms in total. The summed E-state index contributed by atoms with van der Waals surface area (Å²) in [5.41, 5.74) is -0.104. The molecular formula is C13H19BrN2O3. The number of hydrogen-bond acceptors (Lipinski definition) is 2. The van der Waals surface area contributed by atoms with E-state index in [9.17, 15) is 14.7 Å². The van der Waals surface area contributed by atoms with E-state index in [4.69, 9.17) is 0 Å². The Kier molecular flexibility index (Phi) is 4.79. The monoisotopic (exact) mass is 330 g/mol. The Hall–Kier alpha value is -1.30. The molecule has 6 heteroatoms. The third-order valence-corrected chi connectivity index (χ3v) is 3.26. The zero-order valence-corrected chi connectivity index (χ0v) is 13.1. The second-order valence-corrected chi connectivity index (χ2v) is 6.36. The molecule has 0 bridgehead atoms. The molecule has 1 aromatic rings. The van der Waals surface area contributed by atoms with Crippen LogP contribution in [-0.4, -0.2) is 27.6 Å². The number of nitrogens with one attached hydrogen (secondary N) is 1. The maximum Gasteiger partial charge on any atom is 0.326 e. The van der Waals surface area contributed by atoms with Crippen molar-refractivity contribution in [1.29, 1.82) is 0 Å². The van der Waals surface area contributed by atoms with E-state index in [0.29, 0.717) is 12.2 Å². The quantitative estimate of drug-likeness (QED) is 0.890. The van der Waals surface area contributed by atoms with Gasteiger partial charge in [0.05, 0.1) is 0 Å². The van der Waals surface area contributed by atoms with Crippen LogP contribution < -0.4 is 5.32 Å². The van der Waals surface area contributed by atoms with Crippen molar-refractivity contribution in [3.8, 4) is 0 Å². The fraction of sp³-hybridized carbons (Fsp3) is 0.538. The van der Waals surface area contributed by atoms with Crippen LogP contribution in [0.2, 0.25) is 0 Å². The average molecular weight is 331 g/mol. The minimum atomic E-state index is -1.03. The van der Waals surface area contributed by atoms with E-state index in [-0.39, 0.29) is 5.91 Å². The second-order valence-electron chi connectivity index (χ2n) is 5.44. The molecule has 1 atom stereocenters. The Morgan fingerprint density at radius 1 is 1.47 bits per heavy atom. The number of aromatic nitrogens is 1. The summed E-state index contributed by atoms with van der Waals surface area (Å²) >= 11 is 3.31. The molecular weight excluding hydrogens is 312 g/mol. The predicted molar refractivity (Wildman–Crippen MR) is 76.2 cm³/mol. The molecule has 0 saturated carbocycles. The van der Waals surface area contributed by atoms with Crippen LogP contribution in [0.15, 0.2) is 16.7 Å². The molecule has 0 aromatic carbocycles. The van der Waals surface area contributed by atoms with Gasteiger partial charge >= 0.3 is 5.97 Å². The molecule has 19 heavy (non-hydrogen) atoms. The highest BCUT2D eigenvalue weighted by Crippen LogP contribution is 2.21. The first kappa shape index (κ1) is 15.8. The molecule has 0 aliphatic rings. The second kappa shape index (κ2) is 5.77. The van der Waals surface area contributed by atoms with Crippen molar-refractivity contribution in [3.05, 3.63) is 22.4 Å². The standard InChI is InChI=1S/C13H19BrN2O3/c1-5-16-7-8(14)6-9(16)11(17)15-10(12(18)19)13(2,3)4/h6-7,10H,5H2,1-4H3,(H,15,17)(H,18,19). The van der Waals surface area contributed by atoms with Gasteiger partial charge in [-0.3, -0.25) is 4.79 Å². The Morgan fingerprint density at radius 2 is 2.05 bits per heavy atom. The van der Waals surface area contributed by atoms with Gasteiger partial charge in [0.2, 0.25) is 0 Å². The molecule has 1 amide bonds. The highest BCUT2D eigenvalue weighted by atomic mass is 79.9. The van der Waals surface area contributed by atoms with Crippen LogP contribution in [-0.2, 0) is 11.3 Å². The van der Waals surface area contributed by atoms with Crippen molar-refractivity contribution in [3.63, 3.8) is 0 Å². The maximum atomic E-state index is 12.2. The highest BCUT2D eigenvalue weighted by Gasteiger charge is 2.33. The Balaban J connectivity index is 2.97. The number of aryl methyl sites for hydroxylation is 1. The van der Waals surface area contributed by atoms with Gasteiger partial charge in [-0.05, 0) is 34.3 Å². The number of nitrogens with zero attached hydrogens (tertiary/aromatic N) is 1. The topological polar surface area (TPSA) is 71.3 Å². The van der Waals surface area contributed by atoms with Gasteiger partial charge in [0.1, 0.15) is 11.7 Å². The molecule has 1 heterocycles. The van der Waals surface area contributed by atoms with Gasteiger partial charge in [-0.2, -0.15) is 0 Å².